The minimum absolute atomic E-state index is 0.0432. The van der Waals surface area contributed by atoms with Crippen LogP contribution in [0.3, 0.4) is 0 Å². The van der Waals surface area contributed by atoms with Gasteiger partial charge < -0.3 is 20.1 Å². The number of nitrogens with zero attached hydrogens (tertiary/aromatic N) is 2. The van der Waals surface area contributed by atoms with Crippen LogP contribution in [0.2, 0.25) is 0 Å². The van der Waals surface area contributed by atoms with Crippen molar-refractivity contribution in [3.63, 3.8) is 0 Å². The number of nitrogens with one attached hydrogen (secondary N) is 1. The van der Waals surface area contributed by atoms with Crippen LogP contribution in [0.25, 0.3) is 0 Å². The highest BCUT2D eigenvalue weighted by molar-refractivity contribution is 5.87. The van der Waals surface area contributed by atoms with Crippen molar-refractivity contribution in [3.05, 3.63) is 29.6 Å². The van der Waals surface area contributed by atoms with Gasteiger partial charge >= 0.3 is 12.0 Å². The van der Waals surface area contributed by atoms with Crippen molar-refractivity contribution < 1.29 is 19.4 Å². The number of methoxy groups -OCH3 is 1. The van der Waals surface area contributed by atoms with E-state index in [-0.39, 0.29) is 24.2 Å². The van der Waals surface area contributed by atoms with E-state index in [0.29, 0.717) is 18.8 Å². The van der Waals surface area contributed by atoms with E-state index < -0.39 is 5.97 Å². The van der Waals surface area contributed by atoms with Gasteiger partial charge in [-0.2, -0.15) is 0 Å². The van der Waals surface area contributed by atoms with E-state index in [2.05, 4.69) is 10.3 Å². The Morgan fingerprint density at radius 2 is 2.24 bits per heavy atom. The fraction of sp³-hybridized carbons (Fsp3) is 0.500. The molecule has 116 valence electrons. The number of carbonyl (C=O) groups excluding carboxylic acids is 1. The second kappa shape index (κ2) is 8.21. The summed E-state index contributed by atoms with van der Waals surface area (Å²) in [5.74, 6) is -1.02. The number of aromatic nitrogens is 1. The van der Waals surface area contributed by atoms with E-state index in [9.17, 15) is 9.59 Å². The number of ether oxygens (including phenoxy) is 1. The van der Waals surface area contributed by atoms with Gasteiger partial charge in [0.1, 0.15) is 0 Å². The molecule has 1 atom stereocenters. The average molecular weight is 295 g/mol. The third-order valence-electron chi connectivity index (χ3n) is 3.03. The molecule has 1 rings (SSSR count). The minimum Gasteiger partial charge on any atom is -0.478 e. The number of carboxylic acid groups (broad SMARTS) is 1. The topological polar surface area (TPSA) is 91.8 Å². The average Bonchev–Trinajstić information content (AvgIpc) is 2.46. The van der Waals surface area contributed by atoms with Gasteiger partial charge in [-0.3, -0.25) is 4.98 Å². The molecule has 7 nitrogen and oxygen atoms in total. The highest BCUT2D eigenvalue weighted by atomic mass is 16.5. The van der Waals surface area contributed by atoms with Crippen molar-refractivity contribution in [1.82, 2.24) is 15.2 Å². The van der Waals surface area contributed by atoms with Crippen LogP contribution >= 0.6 is 0 Å². The molecular formula is C14H21N3O4. The smallest absolute Gasteiger partial charge is 0.335 e. The number of likely N-dealkylation sites (N-methyl/N-ethyl adjacent to an activating group) is 1. The molecule has 2 amide bonds. The molecule has 7 heteroatoms. The standard InChI is InChI=1S/C14H21N3O4/c1-4-17(10(2)9-21-3)14(20)16-8-12-7-11(13(18)19)5-6-15-12/h5-7,10H,4,8-9H2,1-3H3,(H,16,20)(H,18,19). The molecule has 0 aliphatic carbocycles. The van der Waals surface area contributed by atoms with Gasteiger partial charge in [0.05, 0.1) is 30.5 Å². The second-order valence-electron chi connectivity index (χ2n) is 4.59. The maximum absolute atomic E-state index is 12.1. The predicted molar refractivity (Wildman–Crippen MR) is 77.2 cm³/mol. The Kier molecular flexibility index (Phi) is 6.61. The molecule has 1 aromatic heterocycles. The lowest BCUT2D eigenvalue weighted by Crippen LogP contribution is -2.46. The Morgan fingerprint density at radius 1 is 1.52 bits per heavy atom. The number of pyridine rings is 1. The van der Waals surface area contributed by atoms with Crippen LogP contribution in [0.15, 0.2) is 18.3 Å². The van der Waals surface area contributed by atoms with E-state index in [1.165, 1.54) is 18.3 Å². The van der Waals surface area contributed by atoms with Crippen molar-refractivity contribution in [1.29, 1.82) is 0 Å². The largest absolute Gasteiger partial charge is 0.478 e. The van der Waals surface area contributed by atoms with E-state index in [4.69, 9.17) is 9.84 Å². The van der Waals surface area contributed by atoms with Gasteiger partial charge in [-0.1, -0.05) is 0 Å². The second-order valence-corrected chi connectivity index (χ2v) is 4.59. The number of urea groups is 1. The number of aromatic carboxylic acids is 1. The van der Waals surface area contributed by atoms with Gasteiger partial charge in [0.15, 0.2) is 0 Å². The lowest BCUT2D eigenvalue weighted by molar-refractivity contribution is 0.0696. The zero-order valence-electron chi connectivity index (χ0n) is 12.5. The molecule has 0 fully saturated rings. The Morgan fingerprint density at radius 3 is 2.81 bits per heavy atom. The molecule has 0 bridgehead atoms. The number of amides is 2. The van der Waals surface area contributed by atoms with Crippen molar-refractivity contribution in [3.8, 4) is 0 Å². The Hall–Kier alpha value is -2.15. The molecule has 1 heterocycles. The van der Waals surface area contributed by atoms with Crippen molar-refractivity contribution in [2.24, 2.45) is 0 Å². The summed E-state index contributed by atoms with van der Waals surface area (Å²) >= 11 is 0. The number of rotatable bonds is 7. The molecule has 21 heavy (non-hydrogen) atoms. The van der Waals surface area contributed by atoms with Gasteiger partial charge in [-0.25, -0.2) is 9.59 Å². The van der Waals surface area contributed by atoms with Gasteiger partial charge in [0.2, 0.25) is 0 Å². The zero-order chi connectivity index (χ0) is 15.8. The lowest BCUT2D eigenvalue weighted by Gasteiger charge is -2.27. The van der Waals surface area contributed by atoms with E-state index in [0.717, 1.165) is 0 Å². The van der Waals surface area contributed by atoms with Crippen LogP contribution in [0.1, 0.15) is 29.9 Å². The van der Waals surface area contributed by atoms with Gasteiger partial charge in [-0.15, -0.1) is 0 Å². The minimum atomic E-state index is -1.02. The van der Waals surface area contributed by atoms with Gasteiger partial charge in [0.25, 0.3) is 0 Å². The van der Waals surface area contributed by atoms with Gasteiger partial charge in [0, 0.05) is 19.9 Å². The summed E-state index contributed by atoms with van der Waals surface area (Å²) in [6.45, 7) is 4.97. The first-order valence-electron chi connectivity index (χ1n) is 6.71. The number of hydrogen-bond donors (Lipinski definition) is 2. The van der Waals surface area contributed by atoms with Crippen LogP contribution in [0.5, 0.6) is 0 Å². The third kappa shape index (κ3) is 5.03. The molecule has 0 saturated heterocycles. The number of carboxylic acids is 1. The summed E-state index contributed by atoms with van der Waals surface area (Å²) in [4.78, 5) is 28.6. The van der Waals surface area contributed by atoms with Crippen LogP contribution in [0, 0.1) is 0 Å². The molecule has 0 aliphatic heterocycles. The first-order chi connectivity index (χ1) is 9.99. The van der Waals surface area contributed by atoms with Crippen LogP contribution < -0.4 is 5.32 Å². The summed E-state index contributed by atoms with van der Waals surface area (Å²) in [5, 5.41) is 11.6. The molecule has 1 aromatic rings. The Bertz CT molecular complexity index is 493. The molecule has 0 spiro atoms. The first-order valence-corrected chi connectivity index (χ1v) is 6.71. The summed E-state index contributed by atoms with van der Waals surface area (Å²) in [7, 11) is 1.59. The highest BCUT2D eigenvalue weighted by Gasteiger charge is 2.18. The Balaban J connectivity index is 2.63. The van der Waals surface area contributed by atoms with Crippen molar-refractivity contribution in [2.75, 3.05) is 20.3 Å². The quantitative estimate of drug-likeness (QED) is 0.792. The van der Waals surface area contributed by atoms with Gasteiger partial charge in [-0.05, 0) is 26.0 Å². The first kappa shape index (κ1) is 16.9. The molecule has 1 unspecified atom stereocenters. The maximum atomic E-state index is 12.1. The fourth-order valence-electron chi connectivity index (χ4n) is 1.96. The summed E-state index contributed by atoms with van der Waals surface area (Å²) < 4.78 is 5.04. The van der Waals surface area contributed by atoms with E-state index in [1.54, 1.807) is 12.0 Å². The molecular weight excluding hydrogens is 274 g/mol. The lowest BCUT2D eigenvalue weighted by atomic mass is 10.2. The van der Waals surface area contributed by atoms with E-state index in [1.807, 2.05) is 13.8 Å². The van der Waals surface area contributed by atoms with Crippen molar-refractivity contribution >= 4 is 12.0 Å². The maximum Gasteiger partial charge on any atom is 0.335 e. The monoisotopic (exact) mass is 295 g/mol. The van der Waals surface area contributed by atoms with E-state index >= 15 is 0 Å². The predicted octanol–water partition coefficient (Wildman–Crippen LogP) is 1.35. The zero-order valence-corrected chi connectivity index (χ0v) is 12.5. The van der Waals surface area contributed by atoms with Crippen molar-refractivity contribution in [2.45, 2.75) is 26.4 Å². The summed E-state index contributed by atoms with van der Waals surface area (Å²) in [6, 6.07) is 2.58. The molecule has 2 N–H and O–H groups in total. The normalized spacial score (nSPS) is 11.8. The third-order valence-corrected chi connectivity index (χ3v) is 3.03. The fourth-order valence-corrected chi connectivity index (χ4v) is 1.96. The van der Waals surface area contributed by atoms with Crippen LogP contribution in [-0.4, -0.2) is 53.3 Å². The highest BCUT2D eigenvalue weighted by Crippen LogP contribution is 2.04. The molecule has 0 saturated carbocycles. The molecule has 0 aromatic carbocycles. The molecule has 0 radical (unpaired) electrons. The SMILES string of the molecule is CCN(C(=O)NCc1cc(C(=O)O)ccn1)C(C)COC. The Labute approximate surface area is 123 Å². The summed E-state index contributed by atoms with van der Waals surface area (Å²) in [6.07, 6.45) is 1.41. The van der Waals surface area contributed by atoms with Crippen LogP contribution in [-0.2, 0) is 11.3 Å². The molecule has 0 aliphatic rings. The number of hydrogen-bond acceptors (Lipinski definition) is 4. The number of carbonyl (C=O) groups is 2. The van der Waals surface area contributed by atoms with Crippen LogP contribution in [0.4, 0.5) is 4.79 Å². The summed E-state index contributed by atoms with van der Waals surface area (Å²) in [5.41, 5.74) is 0.646.